The number of nitrogens with zero attached hydrogens (tertiary/aromatic N) is 1. The normalized spacial score (nSPS) is 13.3. The summed E-state index contributed by atoms with van der Waals surface area (Å²) >= 11 is 0. The maximum Gasteiger partial charge on any atom is 0.490 e. The van der Waals surface area contributed by atoms with Gasteiger partial charge in [-0.1, -0.05) is 86.7 Å². The maximum absolute atomic E-state index is 13.5. The molecule has 0 aliphatic heterocycles. The largest absolute Gasteiger partial charge is 0.490 e. The molecule has 1 heterocycles. The number of primary amides is 1. The summed E-state index contributed by atoms with van der Waals surface area (Å²) in [5.74, 6) is -2.85. The minimum atomic E-state index is -5.08. The molecule has 3 aromatic rings. The van der Waals surface area contributed by atoms with Crippen molar-refractivity contribution in [2.75, 3.05) is 4.90 Å². The van der Waals surface area contributed by atoms with Gasteiger partial charge in [0, 0.05) is 12.2 Å². The Kier molecular flexibility index (Phi) is 12.7. The predicted octanol–water partition coefficient (Wildman–Crippen LogP) is 4.96. The van der Waals surface area contributed by atoms with Crippen molar-refractivity contribution in [3.8, 4) is 0 Å². The van der Waals surface area contributed by atoms with Crippen LogP contribution in [0, 0.1) is 5.92 Å². The van der Waals surface area contributed by atoms with E-state index in [2.05, 4.69) is 4.98 Å². The van der Waals surface area contributed by atoms with Crippen molar-refractivity contribution in [2.24, 2.45) is 17.4 Å². The first-order valence-corrected chi connectivity index (χ1v) is 14.5. The zero-order valence-corrected chi connectivity index (χ0v) is 24.6. The van der Waals surface area contributed by atoms with Gasteiger partial charge in [-0.3, -0.25) is 14.5 Å². The SMILES string of the molecule is NCc1ccc(CN(C(=O)OCc2ccccc2)c2c(CC(N)=O)cc(CC3CCCCC3)[nH]c2=O)cc1.O=C(O)C(F)(F)F. The van der Waals surface area contributed by atoms with Gasteiger partial charge < -0.3 is 26.3 Å². The number of aromatic nitrogens is 1. The number of anilines is 1. The highest BCUT2D eigenvalue weighted by molar-refractivity contribution is 5.90. The first-order valence-electron chi connectivity index (χ1n) is 14.5. The molecule has 10 nitrogen and oxygen atoms in total. The monoisotopic (exact) mass is 630 g/mol. The minimum Gasteiger partial charge on any atom is -0.475 e. The molecule has 1 aliphatic rings. The molecule has 2 amide bonds. The number of alkyl halides is 3. The van der Waals surface area contributed by atoms with Crippen LogP contribution in [-0.2, 0) is 46.9 Å². The van der Waals surface area contributed by atoms with E-state index < -0.39 is 29.7 Å². The van der Waals surface area contributed by atoms with Crippen LogP contribution in [0.5, 0.6) is 0 Å². The molecule has 1 fully saturated rings. The topological polar surface area (TPSA) is 169 Å². The molecule has 242 valence electrons. The second kappa shape index (κ2) is 16.4. The molecule has 1 aliphatic carbocycles. The van der Waals surface area contributed by atoms with Crippen molar-refractivity contribution in [3.63, 3.8) is 0 Å². The van der Waals surface area contributed by atoms with Crippen molar-refractivity contribution < 1.29 is 37.4 Å². The van der Waals surface area contributed by atoms with E-state index in [1.165, 1.54) is 24.2 Å². The highest BCUT2D eigenvalue weighted by Crippen LogP contribution is 2.28. The van der Waals surface area contributed by atoms with E-state index in [4.69, 9.17) is 26.1 Å². The second-order valence-electron chi connectivity index (χ2n) is 10.8. The van der Waals surface area contributed by atoms with Crippen LogP contribution in [0.15, 0.2) is 65.5 Å². The predicted molar refractivity (Wildman–Crippen MR) is 161 cm³/mol. The molecule has 4 rings (SSSR count). The van der Waals surface area contributed by atoms with Gasteiger partial charge in [-0.2, -0.15) is 13.2 Å². The first-order chi connectivity index (χ1) is 21.4. The molecule has 2 aromatic carbocycles. The molecule has 1 aromatic heterocycles. The van der Waals surface area contributed by atoms with Crippen LogP contribution in [0.3, 0.4) is 0 Å². The molecule has 0 radical (unpaired) electrons. The zero-order valence-electron chi connectivity index (χ0n) is 24.6. The number of hydrogen-bond acceptors (Lipinski definition) is 6. The van der Waals surface area contributed by atoms with E-state index in [0.717, 1.165) is 41.6 Å². The number of carboxylic acid groups (broad SMARTS) is 1. The standard InChI is InChI=1S/C30H36N4O4.C2HF3O2/c31-18-22-11-13-23(14-12-22)19-34(30(37)38-20-24-9-5-2-6-10-24)28-25(17-27(32)35)16-26(33-29(28)36)15-21-7-3-1-4-8-21;3-2(4,5)1(6)7/h2,5-6,9-14,16,21H,1,3-4,7-8,15,17-20,31H2,(H2,32,35)(H,33,36);(H,6,7). The summed E-state index contributed by atoms with van der Waals surface area (Å²) in [6.45, 7) is 0.522. The number of hydrogen-bond donors (Lipinski definition) is 4. The molecule has 45 heavy (non-hydrogen) atoms. The number of benzene rings is 2. The number of pyridine rings is 1. The molecule has 0 saturated heterocycles. The summed E-state index contributed by atoms with van der Waals surface area (Å²) < 4.78 is 37.4. The summed E-state index contributed by atoms with van der Waals surface area (Å²) in [7, 11) is 0. The van der Waals surface area contributed by atoms with E-state index in [9.17, 15) is 27.6 Å². The van der Waals surface area contributed by atoms with E-state index in [0.29, 0.717) is 18.0 Å². The summed E-state index contributed by atoms with van der Waals surface area (Å²) in [6.07, 6.45) is 0.637. The molecule has 6 N–H and O–H groups in total. The Morgan fingerprint density at radius 1 is 0.956 bits per heavy atom. The van der Waals surface area contributed by atoms with Gasteiger partial charge >= 0.3 is 18.2 Å². The summed E-state index contributed by atoms with van der Waals surface area (Å²) in [6, 6.07) is 18.6. The van der Waals surface area contributed by atoms with Crippen LogP contribution < -0.4 is 21.9 Å². The zero-order chi connectivity index (χ0) is 33.0. The fourth-order valence-corrected chi connectivity index (χ4v) is 5.09. The van der Waals surface area contributed by atoms with Crippen LogP contribution in [0.1, 0.15) is 60.1 Å². The number of carboxylic acids is 1. The van der Waals surface area contributed by atoms with Crippen molar-refractivity contribution in [2.45, 2.75) is 70.8 Å². The number of nitrogens with two attached hydrogens (primary N) is 2. The highest BCUT2D eigenvalue weighted by Gasteiger charge is 2.38. The third-order valence-corrected chi connectivity index (χ3v) is 7.28. The molecular formula is C32H37F3N4O6. The Morgan fingerprint density at radius 2 is 1.56 bits per heavy atom. The lowest BCUT2D eigenvalue weighted by Crippen LogP contribution is -2.37. The van der Waals surface area contributed by atoms with Crippen LogP contribution in [0.25, 0.3) is 0 Å². The number of rotatable bonds is 10. The molecule has 1 saturated carbocycles. The maximum atomic E-state index is 13.5. The average Bonchev–Trinajstić information content (AvgIpc) is 3.00. The Labute approximate surface area is 258 Å². The van der Waals surface area contributed by atoms with E-state index in [-0.39, 0.29) is 25.3 Å². The van der Waals surface area contributed by atoms with Crippen LogP contribution in [0.4, 0.5) is 23.7 Å². The third kappa shape index (κ3) is 11.1. The minimum absolute atomic E-state index is 0.0467. The number of carbonyl (C=O) groups excluding carboxylic acids is 2. The third-order valence-electron chi connectivity index (χ3n) is 7.28. The number of aliphatic carboxylic acids is 1. The fraction of sp³-hybridized carbons (Fsp3) is 0.375. The van der Waals surface area contributed by atoms with Gasteiger partial charge in [0.15, 0.2) is 0 Å². The number of halogens is 3. The number of H-pyrrole nitrogens is 1. The average molecular weight is 631 g/mol. The number of ether oxygens (including phenoxy) is 1. The molecule has 0 bridgehead atoms. The van der Waals surface area contributed by atoms with Crippen LogP contribution >= 0.6 is 0 Å². The Hall–Kier alpha value is -4.65. The summed E-state index contributed by atoms with van der Waals surface area (Å²) in [5.41, 5.74) is 14.7. The van der Waals surface area contributed by atoms with Crippen molar-refractivity contribution in [3.05, 3.63) is 99.0 Å². The molecule has 0 unspecified atom stereocenters. The highest BCUT2D eigenvalue weighted by atomic mass is 19.4. The van der Waals surface area contributed by atoms with Gasteiger partial charge in [0.05, 0.1) is 13.0 Å². The Bertz CT molecular complexity index is 1490. The molecular weight excluding hydrogens is 593 g/mol. The number of carbonyl (C=O) groups is 3. The van der Waals surface area contributed by atoms with Gasteiger partial charge in [-0.25, -0.2) is 9.59 Å². The number of aromatic amines is 1. The lowest BCUT2D eigenvalue weighted by Gasteiger charge is -2.25. The van der Waals surface area contributed by atoms with Gasteiger partial charge in [0.1, 0.15) is 12.3 Å². The molecule has 0 atom stereocenters. The summed E-state index contributed by atoms with van der Waals surface area (Å²) in [4.78, 5) is 52.2. The summed E-state index contributed by atoms with van der Waals surface area (Å²) in [5, 5.41) is 7.12. The fourth-order valence-electron chi connectivity index (χ4n) is 5.09. The lowest BCUT2D eigenvalue weighted by molar-refractivity contribution is -0.192. The van der Waals surface area contributed by atoms with Crippen molar-refractivity contribution in [1.82, 2.24) is 4.98 Å². The van der Waals surface area contributed by atoms with E-state index >= 15 is 0 Å². The van der Waals surface area contributed by atoms with Crippen molar-refractivity contribution in [1.29, 1.82) is 0 Å². The van der Waals surface area contributed by atoms with E-state index in [1.807, 2.05) is 60.7 Å². The van der Waals surface area contributed by atoms with Gasteiger partial charge in [0.2, 0.25) is 5.91 Å². The lowest BCUT2D eigenvalue weighted by atomic mass is 9.86. The van der Waals surface area contributed by atoms with Gasteiger partial charge in [-0.05, 0) is 40.7 Å². The van der Waals surface area contributed by atoms with E-state index in [1.54, 1.807) is 0 Å². The molecule has 0 spiro atoms. The van der Waals surface area contributed by atoms with Crippen LogP contribution in [0.2, 0.25) is 0 Å². The van der Waals surface area contributed by atoms with Crippen molar-refractivity contribution >= 4 is 23.7 Å². The quantitative estimate of drug-likeness (QED) is 0.245. The Morgan fingerprint density at radius 3 is 2.11 bits per heavy atom. The first kappa shape index (κ1) is 34.8. The number of nitrogens with one attached hydrogen (secondary N) is 1. The van der Waals surface area contributed by atoms with Gasteiger partial charge in [-0.15, -0.1) is 0 Å². The smallest absolute Gasteiger partial charge is 0.475 e. The number of amides is 2. The van der Waals surface area contributed by atoms with Gasteiger partial charge in [0.25, 0.3) is 5.56 Å². The molecule has 13 heteroatoms. The second-order valence-corrected chi connectivity index (χ2v) is 10.8. The van der Waals surface area contributed by atoms with Crippen LogP contribution in [-0.4, -0.2) is 34.2 Å². The Balaban J connectivity index is 0.000000707.